The maximum absolute atomic E-state index is 13.0. The first-order valence-electron chi connectivity index (χ1n) is 3.72. The van der Waals surface area contributed by atoms with Gasteiger partial charge in [0.05, 0.1) is 5.56 Å². The van der Waals surface area contributed by atoms with Crippen LogP contribution in [-0.4, -0.2) is 6.04 Å². The van der Waals surface area contributed by atoms with Crippen LogP contribution in [0.1, 0.15) is 22.1 Å². The maximum Gasteiger partial charge on any atom is 0.332 e. The molecule has 0 aromatic heterocycles. The highest BCUT2D eigenvalue weighted by atomic mass is 19.1. The van der Waals surface area contributed by atoms with Crippen molar-refractivity contribution in [3.8, 4) is 0 Å². The predicted octanol–water partition coefficient (Wildman–Crippen LogP) is 2.99. The molecule has 1 unspecified atom stereocenters. The number of halogens is 2. The van der Waals surface area contributed by atoms with Gasteiger partial charge in [0.2, 0.25) is 0 Å². The number of rotatable bonds is 3. The van der Waals surface area contributed by atoms with Crippen molar-refractivity contribution in [1.82, 2.24) is 0 Å². The lowest BCUT2D eigenvalue weighted by atomic mass is 10.0. The quantitative estimate of drug-likeness (QED) is 0.518. The lowest BCUT2D eigenvalue weighted by Gasteiger charge is -2.05. The standard InChI is InChI=1S/C10H8F2O/c1-2-9(11)7-5-3-4-6-8(7)10(12)13/h2-6,9H,1H2. The van der Waals surface area contributed by atoms with Gasteiger partial charge in [-0.1, -0.05) is 30.9 Å². The van der Waals surface area contributed by atoms with Crippen molar-refractivity contribution in [3.63, 3.8) is 0 Å². The first-order chi connectivity index (χ1) is 6.16. The van der Waals surface area contributed by atoms with Crippen LogP contribution in [-0.2, 0) is 0 Å². The van der Waals surface area contributed by atoms with E-state index >= 15 is 0 Å². The molecule has 1 rings (SSSR count). The highest BCUT2D eigenvalue weighted by molar-refractivity contribution is 5.90. The molecular weight excluding hydrogens is 174 g/mol. The lowest BCUT2D eigenvalue weighted by Crippen LogP contribution is -1.99. The number of benzene rings is 1. The average molecular weight is 182 g/mol. The Hall–Kier alpha value is -1.51. The maximum atomic E-state index is 13.0. The third-order valence-electron chi connectivity index (χ3n) is 1.68. The highest BCUT2D eigenvalue weighted by Crippen LogP contribution is 2.22. The van der Waals surface area contributed by atoms with E-state index in [0.29, 0.717) is 0 Å². The summed E-state index contributed by atoms with van der Waals surface area (Å²) in [5, 5.41) is 0. The summed E-state index contributed by atoms with van der Waals surface area (Å²) >= 11 is 0. The zero-order valence-electron chi connectivity index (χ0n) is 6.84. The second-order valence-corrected chi connectivity index (χ2v) is 2.50. The summed E-state index contributed by atoms with van der Waals surface area (Å²) in [6, 6.07) is 4.00. The van der Waals surface area contributed by atoms with Crippen LogP contribution in [0.3, 0.4) is 0 Å². The first-order valence-corrected chi connectivity index (χ1v) is 3.72. The molecule has 0 saturated heterocycles. The zero-order valence-corrected chi connectivity index (χ0v) is 6.84. The van der Waals surface area contributed by atoms with Crippen LogP contribution >= 0.6 is 0 Å². The molecule has 3 heteroatoms. The smallest absolute Gasteiger partial charge is 0.255 e. The van der Waals surface area contributed by atoms with Crippen molar-refractivity contribution >= 4 is 6.04 Å². The molecule has 0 saturated carbocycles. The second-order valence-electron chi connectivity index (χ2n) is 2.50. The Labute approximate surface area is 74.7 Å². The summed E-state index contributed by atoms with van der Waals surface area (Å²) in [5.41, 5.74) is -0.222. The Bertz CT molecular complexity index is 333. The van der Waals surface area contributed by atoms with Crippen molar-refractivity contribution in [2.75, 3.05) is 0 Å². The Kier molecular flexibility index (Phi) is 2.90. The fourth-order valence-electron chi connectivity index (χ4n) is 1.04. The van der Waals surface area contributed by atoms with Gasteiger partial charge >= 0.3 is 6.04 Å². The number of hydrogen-bond acceptors (Lipinski definition) is 1. The van der Waals surface area contributed by atoms with Crippen LogP contribution in [0, 0.1) is 0 Å². The molecule has 68 valence electrons. The lowest BCUT2D eigenvalue weighted by molar-refractivity contribution is 0.0833. The van der Waals surface area contributed by atoms with E-state index in [-0.39, 0.29) is 11.1 Å². The molecule has 0 amide bonds. The van der Waals surface area contributed by atoms with Gasteiger partial charge in [0.25, 0.3) is 0 Å². The molecular formula is C10H8F2O. The number of allylic oxidation sites excluding steroid dienone is 1. The zero-order chi connectivity index (χ0) is 9.84. The van der Waals surface area contributed by atoms with Gasteiger partial charge in [0, 0.05) is 5.56 Å². The molecule has 0 N–H and O–H groups in total. The normalized spacial score (nSPS) is 12.2. The molecule has 0 radical (unpaired) electrons. The first kappa shape index (κ1) is 9.58. The Morgan fingerprint density at radius 3 is 2.62 bits per heavy atom. The average Bonchev–Trinajstić information content (AvgIpc) is 2.16. The van der Waals surface area contributed by atoms with Crippen LogP contribution < -0.4 is 0 Å². The van der Waals surface area contributed by atoms with E-state index in [1.165, 1.54) is 24.3 Å². The van der Waals surface area contributed by atoms with Gasteiger partial charge in [-0.25, -0.2) is 4.39 Å². The van der Waals surface area contributed by atoms with E-state index in [1.54, 1.807) is 0 Å². The van der Waals surface area contributed by atoms with Gasteiger partial charge in [0.15, 0.2) is 0 Å². The van der Waals surface area contributed by atoms with E-state index in [9.17, 15) is 13.6 Å². The minimum Gasteiger partial charge on any atom is -0.255 e. The molecule has 1 nitrogen and oxygen atoms in total. The predicted molar refractivity (Wildman–Crippen MR) is 45.9 cm³/mol. The molecule has 0 fully saturated rings. The minimum absolute atomic E-state index is 0.0185. The van der Waals surface area contributed by atoms with Crippen LogP contribution in [0.5, 0.6) is 0 Å². The fourth-order valence-corrected chi connectivity index (χ4v) is 1.04. The van der Waals surface area contributed by atoms with Crippen molar-refractivity contribution in [2.45, 2.75) is 6.17 Å². The summed E-state index contributed by atoms with van der Waals surface area (Å²) in [6.45, 7) is 3.23. The largest absolute Gasteiger partial charge is 0.332 e. The van der Waals surface area contributed by atoms with Gasteiger partial charge in [-0.3, -0.25) is 4.79 Å². The van der Waals surface area contributed by atoms with E-state index in [1.807, 2.05) is 0 Å². The van der Waals surface area contributed by atoms with Crippen LogP contribution in [0.25, 0.3) is 0 Å². The van der Waals surface area contributed by atoms with Gasteiger partial charge in [-0.05, 0) is 6.07 Å². The van der Waals surface area contributed by atoms with Crippen molar-refractivity contribution in [1.29, 1.82) is 0 Å². The molecule has 0 bridgehead atoms. The molecule has 13 heavy (non-hydrogen) atoms. The van der Waals surface area contributed by atoms with E-state index in [0.717, 1.165) is 6.08 Å². The van der Waals surface area contributed by atoms with Gasteiger partial charge in [0.1, 0.15) is 6.17 Å². The summed E-state index contributed by atoms with van der Waals surface area (Å²) in [6.07, 6.45) is -0.488. The molecule has 0 heterocycles. The summed E-state index contributed by atoms with van der Waals surface area (Å²) in [5.74, 6) is 0. The third kappa shape index (κ3) is 1.99. The number of alkyl halides is 1. The Morgan fingerprint density at radius 1 is 1.46 bits per heavy atom. The summed E-state index contributed by atoms with van der Waals surface area (Å²) < 4.78 is 25.4. The van der Waals surface area contributed by atoms with Crippen molar-refractivity contribution in [2.24, 2.45) is 0 Å². The monoisotopic (exact) mass is 182 g/mol. The molecule has 1 aromatic carbocycles. The molecule has 1 atom stereocenters. The van der Waals surface area contributed by atoms with E-state index in [2.05, 4.69) is 6.58 Å². The molecule has 1 aromatic rings. The molecule has 0 spiro atoms. The fraction of sp³-hybridized carbons (Fsp3) is 0.100. The van der Waals surface area contributed by atoms with E-state index < -0.39 is 12.2 Å². The third-order valence-corrected chi connectivity index (χ3v) is 1.68. The van der Waals surface area contributed by atoms with E-state index in [4.69, 9.17) is 0 Å². The SMILES string of the molecule is C=CC(F)c1ccccc1C(=O)F. The number of hydrogen-bond donors (Lipinski definition) is 0. The van der Waals surface area contributed by atoms with Crippen molar-refractivity contribution < 1.29 is 13.6 Å². The number of carbonyl (C=O) groups is 1. The van der Waals surface area contributed by atoms with Gasteiger partial charge in [-0.2, -0.15) is 4.39 Å². The summed E-state index contributed by atoms with van der Waals surface area (Å²) in [7, 11) is 0. The van der Waals surface area contributed by atoms with Crippen LogP contribution in [0.4, 0.5) is 8.78 Å². The second kappa shape index (κ2) is 3.94. The number of carbonyl (C=O) groups excluding carboxylic acids is 1. The van der Waals surface area contributed by atoms with Crippen LogP contribution in [0.2, 0.25) is 0 Å². The van der Waals surface area contributed by atoms with Gasteiger partial charge < -0.3 is 0 Å². The van der Waals surface area contributed by atoms with Crippen LogP contribution in [0.15, 0.2) is 36.9 Å². The highest BCUT2D eigenvalue weighted by Gasteiger charge is 2.14. The van der Waals surface area contributed by atoms with Gasteiger partial charge in [-0.15, -0.1) is 0 Å². The molecule has 0 aliphatic carbocycles. The Balaban J connectivity index is 3.19. The molecule has 0 aliphatic rings. The Morgan fingerprint density at radius 2 is 2.08 bits per heavy atom. The topological polar surface area (TPSA) is 17.1 Å². The molecule has 0 aliphatic heterocycles. The van der Waals surface area contributed by atoms with Crippen molar-refractivity contribution in [3.05, 3.63) is 48.0 Å². The summed E-state index contributed by atoms with van der Waals surface area (Å²) in [4.78, 5) is 10.4. The minimum atomic E-state index is -1.62.